The van der Waals surface area contributed by atoms with E-state index in [9.17, 15) is 5.11 Å². The third kappa shape index (κ3) is 2.73. The molecule has 1 heterocycles. The first kappa shape index (κ1) is 12.7. The summed E-state index contributed by atoms with van der Waals surface area (Å²) in [6.45, 7) is 5.13. The van der Waals surface area contributed by atoms with Crippen molar-refractivity contribution in [3.8, 4) is 0 Å². The van der Waals surface area contributed by atoms with Crippen LogP contribution < -0.4 is 4.90 Å². The first-order valence-corrected chi connectivity index (χ1v) is 6.32. The Hall–Kier alpha value is -0.770. The van der Waals surface area contributed by atoms with Gasteiger partial charge in [-0.1, -0.05) is 11.6 Å². The number of halogens is 1. The smallest absolute Gasteiger partial charge is 0.0648 e. The van der Waals surface area contributed by atoms with E-state index >= 15 is 0 Å². The maximum atomic E-state index is 9.49. The minimum Gasteiger partial charge on any atom is -0.394 e. The predicted molar refractivity (Wildman–Crippen MR) is 71.9 cm³/mol. The molecule has 1 saturated heterocycles. The molecule has 1 aromatic carbocycles. The summed E-state index contributed by atoms with van der Waals surface area (Å²) in [5, 5.41) is 10.3. The maximum absolute atomic E-state index is 9.49. The second-order valence-electron chi connectivity index (χ2n) is 4.72. The van der Waals surface area contributed by atoms with Crippen LogP contribution in [0.3, 0.4) is 0 Å². The lowest BCUT2D eigenvalue weighted by Gasteiger charge is -2.41. The number of likely N-dealkylation sites (N-methyl/N-ethyl adjacent to an activating group) is 1. The van der Waals surface area contributed by atoms with Gasteiger partial charge in [-0.2, -0.15) is 0 Å². The number of hydrogen-bond acceptors (Lipinski definition) is 3. The highest BCUT2D eigenvalue weighted by Crippen LogP contribution is 2.26. The minimum atomic E-state index is 0.175. The molecule has 1 aliphatic heterocycles. The Morgan fingerprint density at radius 1 is 1.41 bits per heavy atom. The summed E-state index contributed by atoms with van der Waals surface area (Å²) < 4.78 is 0. The van der Waals surface area contributed by atoms with Crippen molar-refractivity contribution in [3.63, 3.8) is 0 Å². The maximum Gasteiger partial charge on any atom is 0.0648 e. The Labute approximate surface area is 108 Å². The SMILES string of the molecule is Cc1cc(Cl)ccc1N1CCN(C)CC1CO. The summed E-state index contributed by atoms with van der Waals surface area (Å²) in [6.07, 6.45) is 0. The number of aryl methyl sites for hydroxylation is 1. The fourth-order valence-corrected chi connectivity index (χ4v) is 2.65. The second kappa shape index (κ2) is 5.25. The number of benzene rings is 1. The number of anilines is 1. The molecule has 1 atom stereocenters. The third-order valence-corrected chi connectivity index (χ3v) is 3.60. The lowest BCUT2D eigenvalue weighted by molar-refractivity contribution is 0.191. The first-order chi connectivity index (χ1) is 8.11. The topological polar surface area (TPSA) is 26.7 Å². The summed E-state index contributed by atoms with van der Waals surface area (Å²) in [5.41, 5.74) is 2.35. The van der Waals surface area contributed by atoms with Gasteiger partial charge in [-0.15, -0.1) is 0 Å². The Bertz CT molecular complexity index is 397. The van der Waals surface area contributed by atoms with Gasteiger partial charge in [0, 0.05) is 30.3 Å². The van der Waals surface area contributed by atoms with Crippen molar-refractivity contribution < 1.29 is 5.11 Å². The molecule has 3 nitrogen and oxygen atoms in total. The molecule has 0 radical (unpaired) electrons. The number of hydrogen-bond donors (Lipinski definition) is 1. The molecular weight excluding hydrogens is 236 g/mol. The molecule has 4 heteroatoms. The average Bonchev–Trinajstić information content (AvgIpc) is 2.30. The number of nitrogens with zero attached hydrogens (tertiary/aromatic N) is 2. The van der Waals surface area contributed by atoms with Gasteiger partial charge in [0.2, 0.25) is 0 Å². The summed E-state index contributed by atoms with van der Waals surface area (Å²) in [6, 6.07) is 6.11. The highest BCUT2D eigenvalue weighted by molar-refractivity contribution is 6.30. The fourth-order valence-electron chi connectivity index (χ4n) is 2.43. The Morgan fingerprint density at radius 2 is 2.18 bits per heavy atom. The van der Waals surface area contributed by atoms with Crippen LogP contribution >= 0.6 is 11.6 Å². The van der Waals surface area contributed by atoms with E-state index in [2.05, 4.69) is 23.8 Å². The van der Waals surface area contributed by atoms with Crippen molar-refractivity contribution in [1.29, 1.82) is 0 Å². The van der Waals surface area contributed by atoms with Crippen molar-refractivity contribution >= 4 is 17.3 Å². The van der Waals surface area contributed by atoms with E-state index in [1.807, 2.05) is 18.2 Å². The molecule has 1 N–H and O–H groups in total. The molecule has 17 heavy (non-hydrogen) atoms. The Balaban J connectivity index is 2.25. The van der Waals surface area contributed by atoms with E-state index < -0.39 is 0 Å². The van der Waals surface area contributed by atoms with E-state index in [4.69, 9.17) is 11.6 Å². The monoisotopic (exact) mass is 254 g/mol. The van der Waals surface area contributed by atoms with E-state index in [0.717, 1.165) is 24.7 Å². The molecule has 1 aliphatic rings. The van der Waals surface area contributed by atoms with Crippen molar-refractivity contribution in [2.24, 2.45) is 0 Å². The Morgan fingerprint density at radius 3 is 2.82 bits per heavy atom. The van der Waals surface area contributed by atoms with Gasteiger partial charge in [0.15, 0.2) is 0 Å². The van der Waals surface area contributed by atoms with Gasteiger partial charge in [-0.05, 0) is 37.7 Å². The first-order valence-electron chi connectivity index (χ1n) is 5.94. The van der Waals surface area contributed by atoms with Crippen LogP contribution in [0.1, 0.15) is 5.56 Å². The highest BCUT2D eigenvalue weighted by atomic mass is 35.5. The lowest BCUT2D eigenvalue weighted by atomic mass is 10.1. The molecule has 0 aliphatic carbocycles. The molecule has 1 unspecified atom stereocenters. The van der Waals surface area contributed by atoms with Crippen LogP contribution in [-0.2, 0) is 0 Å². The van der Waals surface area contributed by atoms with Gasteiger partial charge in [-0.3, -0.25) is 0 Å². The number of aliphatic hydroxyl groups is 1. The van der Waals surface area contributed by atoms with Gasteiger partial charge in [0.1, 0.15) is 0 Å². The van der Waals surface area contributed by atoms with Crippen LogP contribution in [0.5, 0.6) is 0 Å². The molecule has 1 fully saturated rings. The van der Waals surface area contributed by atoms with E-state index in [1.54, 1.807) is 0 Å². The number of aliphatic hydroxyl groups excluding tert-OH is 1. The summed E-state index contributed by atoms with van der Waals surface area (Å²) >= 11 is 5.97. The summed E-state index contributed by atoms with van der Waals surface area (Å²) in [4.78, 5) is 4.54. The van der Waals surface area contributed by atoms with E-state index in [1.165, 1.54) is 11.3 Å². The zero-order valence-corrected chi connectivity index (χ0v) is 11.1. The van der Waals surface area contributed by atoms with Crippen LogP contribution in [0.2, 0.25) is 5.02 Å². The van der Waals surface area contributed by atoms with Gasteiger partial charge >= 0.3 is 0 Å². The third-order valence-electron chi connectivity index (χ3n) is 3.36. The van der Waals surface area contributed by atoms with E-state index in [0.29, 0.717) is 0 Å². The van der Waals surface area contributed by atoms with Crippen molar-refractivity contribution in [2.45, 2.75) is 13.0 Å². The molecule has 0 aromatic heterocycles. The van der Waals surface area contributed by atoms with E-state index in [-0.39, 0.29) is 12.6 Å². The lowest BCUT2D eigenvalue weighted by Crippen LogP contribution is -2.53. The molecule has 0 spiro atoms. The summed E-state index contributed by atoms with van der Waals surface area (Å²) in [7, 11) is 2.09. The van der Waals surface area contributed by atoms with Gasteiger partial charge in [-0.25, -0.2) is 0 Å². The fraction of sp³-hybridized carbons (Fsp3) is 0.538. The Kier molecular flexibility index (Phi) is 3.92. The van der Waals surface area contributed by atoms with Crippen molar-refractivity contribution in [1.82, 2.24) is 4.90 Å². The predicted octanol–water partition coefficient (Wildman–Crippen LogP) is 1.76. The van der Waals surface area contributed by atoms with Gasteiger partial charge in [0.05, 0.1) is 12.6 Å². The van der Waals surface area contributed by atoms with Crippen LogP contribution in [0.25, 0.3) is 0 Å². The average molecular weight is 255 g/mol. The summed E-state index contributed by atoms with van der Waals surface area (Å²) in [5.74, 6) is 0. The molecular formula is C13H19ClN2O. The number of rotatable bonds is 2. The van der Waals surface area contributed by atoms with Crippen LogP contribution in [-0.4, -0.2) is 49.3 Å². The standard InChI is InChI=1S/C13H19ClN2O/c1-10-7-11(14)3-4-13(10)16-6-5-15(2)8-12(16)9-17/h3-4,7,12,17H,5-6,8-9H2,1-2H3. The largest absolute Gasteiger partial charge is 0.394 e. The van der Waals surface area contributed by atoms with Crippen LogP contribution in [0, 0.1) is 6.92 Å². The van der Waals surface area contributed by atoms with Gasteiger partial charge in [0.25, 0.3) is 0 Å². The molecule has 94 valence electrons. The number of piperazine rings is 1. The zero-order valence-electron chi connectivity index (χ0n) is 10.4. The molecule has 2 rings (SSSR count). The molecule has 1 aromatic rings. The quantitative estimate of drug-likeness (QED) is 0.871. The van der Waals surface area contributed by atoms with Crippen LogP contribution in [0.15, 0.2) is 18.2 Å². The van der Waals surface area contributed by atoms with Crippen molar-refractivity contribution in [2.75, 3.05) is 38.2 Å². The highest BCUT2D eigenvalue weighted by Gasteiger charge is 2.25. The zero-order chi connectivity index (χ0) is 12.4. The normalized spacial score (nSPS) is 21.9. The second-order valence-corrected chi connectivity index (χ2v) is 5.16. The van der Waals surface area contributed by atoms with Gasteiger partial charge < -0.3 is 14.9 Å². The minimum absolute atomic E-state index is 0.175. The molecule has 0 saturated carbocycles. The van der Waals surface area contributed by atoms with Crippen LogP contribution in [0.4, 0.5) is 5.69 Å². The molecule has 0 bridgehead atoms. The molecule has 0 amide bonds. The van der Waals surface area contributed by atoms with Crippen molar-refractivity contribution in [3.05, 3.63) is 28.8 Å².